The molecule has 128 valence electrons. The van der Waals surface area contributed by atoms with E-state index in [4.69, 9.17) is 33.3 Å². The number of amides is 1. The molecule has 8 nitrogen and oxygen atoms in total. The van der Waals surface area contributed by atoms with Crippen molar-refractivity contribution in [2.24, 2.45) is 0 Å². The minimum absolute atomic E-state index is 0.00543. The molecule has 10 heteroatoms. The lowest BCUT2D eigenvalue weighted by atomic mass is 10.2. The molecule has 1 aliphatic heterocycles. The molecular weight excluding hydrogens is 370 g/mol. The first-order valence-corrected chi connectivity index (χ1v) is 7.68. The first-order valence-electron chi connectivity index (χ1n) is 6.90. The maximum absolute atomic E-state index is 12.2. The molecule has 2 aromatic rings. The lowest BCUT2D eigenvalue weighted by molar-refractivity contribution is -0.384. The fourth-order valence-corrected chi connectivity index (χ4v) is 2.50. The van der Waals surface area contributed by atoms with Gasteiger partial charge in [0.05, 0.1) is 4.92 Å². The normalized spacial score (nSPS) is 11.7. The standard InChI is InChI=1S/C15H10ClN3O5S/c16-10-3-2-9(6-11(10)19(21)22)17-15(25)18-14(20)8-1-4-12-13(5-8)24-7-23-12/h1-6H,7H2,(H2,17,18,20,25). The molecule has 2 aromatic carbocycles. The molecule has 0 bridgehead atoms. The smallest absolute Gasteiger partial charge is 0.289 e. The minimum Gasteiger partial charge on any atom is -0.454 e. The van der Waals surface area contributed by atoms with Gasteiger partial charge in [0.15, 0.2) is 16.6 Å². The molecule has 1 amide bonds. The van der Waals surface area contributed by atoms with E-state index < -0.39 is 10.8 Å². The molecule has 25 heavy (non-hydrogen) atoms. The summed E-state index contributed by atoms with van der Waals surface area (Å²) in [6.45, 7) is 0.107. The lowest BCUT2D eigenvalue weighted by Gasteiger charge is -2.10. The number of nitrogens with zero attached hydrogens (tertiary/aromatic N) is 1. The van der Waals surface area contributed by atoms with Gasteiger partial charge < -0.3 is 14.8 Å². The molecule has 0 radical (unpaired) electrons. The van der Waals surface area contributed by atoms with Crippen LogP contribution in [0, 0.1) is 10.1 Å². The number of rotatable bonds is 3. The van der Waals surface area contributed by atoms with Gasteiger partial charge >= 0.3 is 0 Å². The molecular formula is C15H10ClN3O5S. The Labute approximate surface area is 151 Å². The van der Waals surface area contributed by atoms with Crippen LogP contribution >= 0.6 is 23.8 Å². The van der Waals surface area contributed by atoms with Crippen LogP contribution in [0.5, 0.6) is 11.5 Å². The third-order valence-electron chi connectivity index (χ3n) is 3.26. The zero-order valence-electron chi connectivity index (χ0n) is 12.4. The number of ether oxygens (including phenoxy) is 2. The number of carbonyl (C=O) groups is 1. The number of anilines is 1. The highest BCUT2D eigenvalue weighted by Crippen LogP contribution is 2.32. The van der Waals surface area contributed by atoms with Crippen molar-refractivity contribution in [3.05, 3.63) is 57.1 Å². The maximum Gasteiger partial charge on any atom is 0.289 e. The highest BCUT2D eigenvalue weighted by Gasteiger charge is 2.17. The van der Waals surface area contributed by atoms with E-state index in [2.05, 4.69) is 10.6 Å². The molecule has 0 atom stereocenters. The van der Waals surface area contributed by atoms with Gasteiger partial charge in [-0.15, -0.1) is 0 Å². The Kier molecular flexibility index (Phi) is 4.68. The lowest BCUT2D eigenvalue weighted by Crippen LogP contribution is -2.34. The van der Waals surface area contributed by atoms with Crippen LogP contribution in [0.4, 0.5) is 11.4 Å². The Balaban J connectivity index is 1.67. The number of halogens is 1. The van der Waals surface area contributed by atoms with E-state index in [0.29, 0.717) is 22.7 Å². The number of hydrogen-bond donors (Lipinski definition) is 2. The first kappa shape index (κ1) is 16.9. The fraction of sp³-hybridized carbons (Fsp3) is 0.0667. The summed E-state index contributed by atoms with van der Waals surface area (Å²) >= 11 is 10.8. The number of fused-ring (bicyclic) bond motifs is 1. The van der Waals surface area contributed by atoms with Crippen molar-refractivity contribution in [2.45, 2.75) is 0 Å². The molecule has 0 fully saturated rings. The summed E-state index contributed by atoms with van der Waals surface area (Å²) in [7, 11) is 0. The second-order valence-electron chi connectivity index (χ2n) is 4.90. The Morgan fingerprint density at radius 1 is 1.20 bits per heavy atom. The van der Waals surface area contributed by atoms with Gasteiger partial charge in [-0.25, -0.2) is 0 Å². The van der Waals surface area contributed by atoms with Crippen molar-refractivity contribution >= 4 is 46.2 Å². The van der Waals surface area contributed by atoms with Gasteiger partial charge in [-0.2, -0.15) is 0 Å². The van der Waals surface area contributed by atoms with E-state index in [9.17, 15) is 14.9 Å². The quantitative estimate of drug-likeness (QED) is 0.479. The average molecular weight is 380 g/mol. The maximum atomic E-state index is 12.2. The summed E-state index contributed by atoms with van der Waals surface area (Å²) in [6, 6.07) is 8.82. The van der Waals surface area contributed by atoms with Gasteiger partial charge in [0, 0.05) is 17.3 Å². The van der Waals surface area contributed by atoms with E-state index in [1.165, 1.54) is 24.3 Å². The van der Waals surface area contributed by atoms with Crippen LogP contribution < -0.4 is 20.1 Å². The van der Waals surface area contributed by atoms with Crippen LogP contribution in [0.25, 0.3) is 0 Å². The average Bonchev–Trinajstić information content (AvgIpc) is 3.03. The molecule has 0 aliphatic carbocycles. The number of nitrogens with one attached hydrogen (secondary N) is 2. The number of hydrogen-bond acceptors (Lipinski definition) is 6. The molecule has 0 spiro atoms. The van der Waals surface area contributed by atoms with Crippen LogP contribution in [0.3, 0.4) is 0 Å². The topological polar surface area (TPSA) is 103 Å². The highest BCUT2D eigenvalue weighted by atomic mass is 35.5. The molecule has 1 heterocycles. The van der Waals surface area contributed by atoms with E-state index in [1.807, 2.05) is 0 Å². The summed E-state index contributed by atoms with van der Waals surface area (Å²) in [6.07, 6.45) is 0. The molecule has 0 saturated heterocycles. The van der Waals surface area contributed by atoms with Gasteiger partial charge in [-0.05, 0) is 42.5 Å². The van der Waals surface area contributed by atoms with Gasteiger partial charge in [0.2, 0.25) is 6.79 Å². The van der Waals surface area contributed by atoms with Gasteiger partial charge in [-0.3, -0.25) is 20.2 Å². The largest absolute Gasteiger partial charge is 0.454 e. The summed E-state index contributed by atoms with van der Waals surface area (Å²) in [4.78, 5) is 22.5. The van der Waals surface area contributed by atoms with E-state index >= 15 is 0 Å². The van der Waals surface area contributed by atoms with Gasteiger partial charge in [-0.1, -0.05) is 11.6 Å². The molecule has 0 unspecified atom stereocenters. The zero-order valence-corrected chi connectivity index (χ0v) is 14.0. The molecule has 0 aromatic heterocycles. The predicted molar refractivity (Wildman–Crippen MR) is 94.4 cm³/mol. The number of carbonyl (C=O) groups excluding carboxylic acids is 1. The summed E-state index contributed by atoms with van der Waals surface area (Å²) < 4.78 is 10.4. The van der Waals surface area contributed by atoms with Crippen molar-refractivity contribution in [3.63, 3.8) is 0 Å². The van der Waals surface area contributed by atoms with E-state index in [1.54, 1.807) is 12.1 Å². The fourth-order valence-electron chi connectivity index (χ4n) is 2.11. The highest BCUT2D eigenvalue weighted by molar-refractivity contribution is 7.80. The second kappa shape index (κ2) is 6.91. The number of benzene rings is 2. The van der Waals surface area contributed by atoms with Crippen molar-refractivity contribution in [1.82, 2.24) is 5.32 Å². The number of thiocarbonyl (C=S) groups is 1. The number of nitro benzene ring substituents is 1. The zero-order chi connectivity index (χ0) is 18.0. The molecule has 1 aliphatic rings. The first-order chi connectivity index (χ1) is 11.9. The predicted octanol–water partition coefficient (Wildman–Crippen LogP) is 3.10. The summed E-state index contributed by atoms with van der Waals surface area (Å²) in [5, 5.41) is 16.1. The van der Waals surface area contributed by atoms with Crippen molar-refractivity contribution in [1.29, 1.82) is 0 Å². The summed E-state index contributed by atoms with van der Waals surface area (Å²) in [5.41, 5.74) is 0.388. The van der Waals surface area contributed by atoms with Crippen LogP contribution in [0.1, 0.15) is 10.4 Å². The van der Waals surface area contributed by atoms with Crippen LogP contribution in [0.2, 0.25) is 5.02 Å². The Hall–Kier alpha value is -2.91. The van der Waals surface area contributed by atoms with Crippen molar-refractivity contribution in [2.75, 3.05) is 12.1 Å². The number of nitro groups is 1. The van der Waals surface area contributed by atoms with Crippen LogP contribution in [-0.2, 0) is 0 Å². The summed E-state index contributed by atoms with van der Waals surface area (Å²) in [5.74, 6) is 0.574. The van der Waals surface area contributed by atoms with Crippen LogP contribution in [0.15, 0.2) is 36.4 Å². The van der Waals surface area contributed by atoms with Gasteiger partial charge in [0.1, 0.15) is 5.02 Å². The SMILES string of the molecule is O=C(NC(=S)Nc1ccc(Cl)c([N+](=O)[O-])c1)c1ccc2c(c1)OCO2. The molecule has 2 N–H and O–H groups in total. The van der Waals surface area contributed by atoms with E-state index in [-0.39, 0.29) is 22.6 Å². The second-order valence-corrected chi connectivity index (χ2v) is 5.72. The van der Waals surface area contributed by atoms with Crippen molar-refractivity contribution in [3.8, 4) is 11.5 Å². The third kappa shape index (κ3) is 3.78. The Morgan fingerprint density at radius 3 is 2.72 bits per heavy atom. The molecule has 0 saturated carbocycles. The minimum atomic E-state index is -0.609. The van der Waals surface area contributed by atoms with E-state index in [0.717, 1.165) is 0 Å². The third-order valence-corrected chi connectivity index (χ3v) is 3.79. The molecule has 3 rings (SSSR count). The Morgan fingerprint density at radius 2 is 1.96 bits per heavy atom. The Bertz CT molecular complexity index is 889. The van der Waals surface area contributed by atoms with Crippen molar-refractivity contribution < 1.29 is 19.2 Å². The van der Waals surface area contributed by atoms with Crippen LogP contribution in [-0.4, -0.2) is 22.7 Å². The van der Waals surface area contributed by atoms with Gasteiger partial charge in [0.25, 0.3) is 11.6 Å². The monoisotopic (exact) mass is 379 g/mol.